The fraction of sp³-hybridized carbons (Fsp3) is 0.118. The van der Waals surface area contributed by atoms with Crippen LogP contribution in [0.4, 0.5) is 10.8 Å². The summed E-state index contributed by atoms with van der Waals surface area (Å²) in [6.07, 6.45) is 0.476. The van der Waals surface area contributed by atoms with E-state index in [-0.39, 0.29) is 10.0 Å². The van der Waals surface area contributed by atoms with Crippen LogP contribution in [0.15, 0.2) is 51.4 Å². The van der Waals surface area contributed by atoms with Crippen molar-refractivity contribution in [3.8, 4) is 0 Å². The number of thiazole rings is 1. The summed E-state index contributed by atoms with van der Waals surface area (Å²) in [4.78, 5) is 8.64. The summed E-state index contributed by atoms with van der Waals surface area (Å²) in [5, 5.41) is 6.40. The van der Waals surface area contributed by atoms with Gasteiger partial charge in [0.05, 0.1) is 25.9 Å². The van der Waals surface area contributed by atoms with Gasteiger partial charge in [0.1, 0.15) is 10.7 Å². The van der Waals surface area contributed by atoms with Gasteiger partial charge in [0, 0.05) is 12.1 Å². The molecule has 1 aliphatic rings. The Bertz CT molecular complexity index is 1240. The second-order valence-electron chi connectivity index (χ2n) is 6.03. The molecule has 4 rings (SSSR count). The lowest BCUT2D eigenvalue weighted by Gasteiger charge is -2.17. The fourth-order valence-corrected chi connectivity index (χ4v) is 4.93. The molecule has 1 aromatic heterocycles. The average molecular weight is 455 g/mol. The Hall–Kier alpha value is -2.04. The SMILES string of the molecule is CC1=NN(c2cc(Cl)c(S(=O)(=O)O)cc2Cl)/C(=N\c2nc3ccccc3s2)C1. The number of fused-ring (bicyclic) bond motifs is 1. The zero-order valence-electron chi connectivity index (χ0n) is 14.3. The van der Waals surface area contributed by atoms with Gasteiger partial charge in [-0.05, 0) is 31.2 Å². The molecule has 28 heavy (non-hydrogen) atoms. The molecule has 0 saturated carbocycles. The number of hydrazone groups is 1. The van der Waals surface area contributed by atoms with Crippen LogP contribution in [-0.4, -0.2) is 29.5 Å². The van der Waals surface area contributed by atoms with Crippen molar-refractivity contribution < 1.29 is 13.0 Å². The highest BCUT2D eigenvalue weighted by atomic mass is 35.5. The van der Waals surface area contributed by atoms with Crippen molar-refractivity contribution in [3.63, 3.8) is 0 Å². The maximum Gasteiger partial charge on any atom is 0.296 e. The van der Waals surface area contributed by atoms with E-state index in [0.717, 1.165) is 22.0 Å². The summed E-state index contributed by atoms with van der Waals surface area (Å²) in [6.45, 7) is 1.84. The molecule has 11 heteroatoms. The molecule has 2 heterocycles. The molecule has 0 bridgehead atoms. The van der Waals surface area contributed by atoms with Gasteiger partial charge in [-0.15, -0.1) is 0 Å². The van der Waals surface area contributed by atoms with E-state index >= 15 is 0 Å². The largest absolute Gasteiger partial charge is 0.296 e. The van der Waals surface area contributed by atoms with Crippen molar-refractivity contribution in [1.82, 2.24) is 4.98 Å². The maximum atomic E-state index is 11.4. The Morgan fingerprint density at radius 2 is 1.96 bits per heavy atom. The third-order valence-electron chi connectivity index (χ3n) is 3.94. The summed E-state index contributed by atoms with van der Waals surface area (Å²) in [6, 6.07) is 10.2. The molecule has 0 fully saturated rings. The van der Waals surface area contributed by atoms with Crippen molar-refractivity contribution in [2.75, 3.05) is 5.01 Å². The zero-order chi connectivity index (χ0) is 20.1. The van der Waals surface area contributed by atoms with Gasteiger partial charge >= 0.3 is 0 Å². The Morgan fingerprint density at radius 3 is 2.68 bits per heavy atom. The van der Waals surface area contributed by atoms with Crippen LogP contribution in [0.5, 0.6) is 0 Å². The van der Waals surface area contributed by atoms with Crippen molar-refractivity contribution in [1.29, 1.82) is 0 Å². The number of halogens is 2. The number of benzene rings is 2. The predicted molar refractivity (Wildman–Crippen MR) is 113 cm³/mol. The van der Waals surface area contributed by atoms with Gasteiger partial charge in [-0.1, -0.05) is 46.7 Å². The van der Waals surface area contributed by atoms with Crippen LogP contribution < -0.4 is 5.01 Å². The third kappa shape index (κ3) is 3.63. The van der Waals surface area contributed by atoms with Crippen LogP contribution in [0.2, 0.25) is 10.0 Å². The molecule has 0 spiro atoms. The van der Waals surface area contributed by atoms with Crippen molar-refractivity contribution in [2.24, 2.45) is 10.1 Å². The molecule has 1 aliphatic heterocycles. The highest BCUT2D eigenvalue weighted by molar-refractivity contribution is 7.86. The number of rotatable bonds is 3. The molecule has 0 atom stereocenters. The Labute approximate surface area is 174 Å². The minimum atomic E-state index is -4.49. The fourth-order valence-electron chi connectivity index (χ4n) is 2.74. The molecule has 0 unspecified atom stereocenters. The van der Waals surface area contributed by atoms with E-state index < -0.39 is 15.0 Å². The van der Waals surface area contributed by atoms with Crippen LogP contribution >= 0.6 is 34.5 Å². The lowest BCUT2D eigenvalue weighted by atomic mass is 10.2. The van der Waals surface area contributed by atoms with Crippen molar-refractivity contribution in [2.45, 2.75) is 18.2 Å². The number of amidine groups is 1. The van der Waals surface area contributed by atoms with Gasteiger partial charge in [-0.25, -0.2) is 15.0 Å². The number of anilines is 1. The first-order chi connectivity index (χ1) is 13.2. The number of nitrogens with zero attached hydrogens (tertiary/aromatic N) is 4. The summed E-state index contributed by atoms with van der Waals surface area (Å²) in [7, 11) is -4.49. The van der Waals surface area contributed by atoms with E-state index in [1.165, 1.54) is 22.4 Å². The summed E-state index contributed by atoms with van der Waals surface area (Å²) < 4.78 is 33.1. The van der Waals surface area contributed by atoms with E-state index in [0.29, 0.717) is 23.1 Å². The molecule has 3 aromatic rings. The molecule has 144 valence electrons. The highest BCUT2D eigenvalue weighted by Gasteiger charge is 2.26. The first-order valence-corrected chi connectivity index (χ1v) is 11.0. The zero-order valence-corrected chi connectivity index (χ0v) is 17.4. The van der Waals surface area contributed by atoms with E-state index in [1.807, 2.05) is 31.2 Å². The van der Waals surface area contributed by atoms with Gasteiger partial charge in [0.2, 0.25) is 5.13 Å². The van der Waals surface area contributed by atoms with Crippen LogP contribution in [0, 0.1) is 0 Å². The highest BCUT2D eigenvalue weighted by Crippen LogP contribution is 2.37. The smallest absolute Gasteiger partial charge is 0.282 e. The summed E-state index contributed by atoms with van der Waals surface area (Å²) in [5.74, 6) is 0.578. The molecule has 0 aliphatic carbocycles. The minimum absolute atomic E-state index is 0.0625. The molecular weight excluding hydrogens is 443 g/mol. The molecular formula is C17H12Cl2N4O3S2. The minimum Gasteiger partial charge on any atom is -0.282 e. The number of hydrogen-bond donors (Lipinski definition) is 1. The second-order valence-corrected chi connectivity index (χ2v) is 9.24. The number of hydrogen-bond acceptors (Lipinski definition) is 6. The van der Waals surface area contributed by atoms with Gasteiger partial charge in [0.15, 0.2) is 0 Å². The molecule has 2 aromatic carbocycles. The van der Waals surface area contributed by atoms with Crippen LogP contribution in [-0.2, 0) is 10.1 Å². The predicted octanol–water partition coefficient (Wildman–Crippen LogP) is 5.17. The first kappa shape index (κ1) is 19.3. The Morgan fingerprint density at radius 1 is 1.21 bits per heavy atom. The van der Waals surface area contributed by atoms with Crippen molar-refractivity contribution >= 4 is 77.2 Å². The van der Waals surface area contributed by atoms with Gasteiger partial charge in [-0.2, -0.15) is 13.5 Å². The number of aliphatic imine (C=N–C) groups is 1. The van der Waals surface area contributed by atoms with Gasteiger partial charge < -0.3 is 0 Å². The van der Waals surface area contributed by atoms with E-state index in [9.17, 15) is 13.0 Å². The van der Waals surface area contributed by atoms with E-state index in [2.05, 4.69) is 15.1 Å². The molecule has 0 radical (unpaired) electrons. The van der Waals surface area contributed by atoms with Crippen molar-refractivity contribution in [3.05, 3.63) is 46.4 Å². The first-order valence-electron chi connectivity index (χ1n) is 7.96. The quantitative estimate of drug-likeness (QED) is 0.550. The normalized spacial score (nSPS) is 16.2. The van der Waals surface area contributed by atoms with Crippen LogP contribution in [0.25, 0.3) is 10.2 Å². The summed E-state index contributed by atoms with van der Waals surface area (Å²) >= 11 is 13.7. The summed E-state index contributed by atoms with van der Waals surface area (Å²) in [5.41, 5.74) is 2.01. The number of aromatic nitrogens is 1. The Balaban J connectivity index is 1.78. The molecule has 0 saturated heterocycles. The van der Waals surface area contributed by atoms with Crippen LogP contribution in [0.3, 0.4) is 0 Å². The lowest BCUT2D eigenvalue weighted by molar-refractivity contribution is 0.483. The van der Waals surface area contributed by atoms with Gasteiger partial charge in [-0.3, -0.25) is 4.55 Å². The lowest BCUT2D eigenvalue weighted by Crippen LogP contribution is -2.20. The molecule has 1 N–H and O–H groups in total. The Kier molecular flexibility index (Phi) is 4.88. The van der Waals surface area contributed by atoms with Gasteiger partial charge in [0.25, 0.3) is 10.1 Å². The third-order valence-corrected chi connectivity index (χ3v) is 6.50. The van der Waals surface area contributed by atoms with E-state index in [1.54, 1.807) is 0 Å². The average Bonchev–Trinajstić information content (AvgIpc) is 3.18. The molecule has 0 amide bonds. The van der Waals surface area contributed by atoms with Crippen LogP contribution in [0.1, 0.15) is 13.3 Å². The second kappa shape index (κ2) is 7.09. The topological polar surface area (TPSA) is 95.2 Å². The number of para-hydroxylation sites is 1. The molecule has 7 nitrogen and oxygen atoms in total. The van der Waals surface area contributed by atoms with E-state index in [4.69, 9.17) is 23.2 Å². The maximum absolute atomic E-state index is 11.4. The standard InChI is InChI=1S/C17H12Cl2N4O3S2/c1-9-6-16(21-17-20-12-4-2-3-5-14(12)27-17)23(22-9)13-7-11(19)15(8-10(13)18)28(24,25)26/h2-5,7-8H,6H2,1H3,(H,24,25,26)/b21-16-. The monoisotopic (exact) mass is 454 g/mol.